The summed E-state index contributed by atoms with van der Waals surface area (Å²) in [5.74, 6) is -3.56. The maximum atomic E-state index is 14.4. The molecule has 2 aromatic rings. The summed E-state index contributed by atoms with van der Waals surface area (Å²) in [5.41, 5.74) is 0.0273. The monoisotopic (exact) mass is 699 g/mol. The molecular weight excluding hydrogens is 650 g/mol. The van der Waals surface area contributed by atoms with E-state index in [1.165, 1.54) is 0 Å². The lowest BCUT2D eigenvalue weighted by Gasteiger charge is -2.32. The van der Waals surface area contributed by atoms with Crippen molar-refractivity contribution in [2.45, 2.75) is 82.9 Å². The molecule has 0 bridgehead atoms. The number of carbonyl (C=O) groups excluding carboxylic acids is 4. The van der Waals surface area contributed by atoms with Gasteiger partial charge in [0.2, 0.25) is 11.8 Å². The van der Waals surface area contributed by atoms with Gasteiger partial charge in [0.25, 0.3) is 5.91 Å². The number of nitrogens with zero attached hydrogens (tertiary/aromatic N) is 2. The third-order valence-corrected chi connectivity index (χ3v) is 10.7. The van der Waals surface area contributed by atoms with E-state index in [-0.39, 0.29) is 49.6 Å². The SMILES string of the molecule is COc1ccccc1-c1cccc(C(=O)N2C[C@H]3CN4C(=O)[C@H](CC(=O)OC(C)(C)C)CCCCC/C=C\[C@@H]5C[C@@]5(C(=O)O)NC(=O)[C@@H]4[C@H]3C2)c1. The Labute approximate surface area is 299 Å². The number of likely N-dealkylation sites (tertiary alicyclic amines) is 1. The highest BCUT2D eigenvalue weighted by Gasteiger charge is 2.62. The standard InChI is InChI=1S/C40H49N3O8/c1-39(2,3)51-33(44)20-27-13-8-6-5-7-9-16-29-21-40(29,38(48)49)41-35(45)34-31-24-42(22-28(31)23-43(34)37(27)47)36(46)26-15-12-14-25(19-26)30-17-10-11-18-32(30)50-4/h9-12,14-19,27-29,31,34H,5-8,13,20-24H2,1-4H3,(H,41,45)(H,48,49)/b16-9-/t27-,28-,29+,31-,34-,40+/m0/s1. The summed E-state index contributed by atoms with van der Waals surface area (Å²) in [4.78, 5) is 71.6. The molecule has 11 heteroatoms. The molecule has 0 unspecified atom stereocenters. The maximum Gasteiger partial charge on any atom is 0.330 e. The predicted molar refractivity (Wildman–Crippen MR) is 190 cm³/mol. The number of rotatable bonds is 6. The molecule has 11 nitrogen and oxygen atoms in total. The summed E-state index contributed by atoms with van der Waals surface area (Å²) in [7, 11) is 1.60. The van der Waals surface area contributed by atoms with Crippen LogP contribution in [-0.4, -0.2) is 88.5 Å². The zero-order valence-corrected chi connectivity index (χ0v) is 29.9. The van der Waals surface area contributed by atoms with E-state index >= 15 is 0 Å². The van der Waals surface area contributed by atoms with Gasteiger partial charge in [0, 0.05) is 54.4 Å². The number of ether oxygens (including phenoxy) is 2. The Hall–Kier alpha value is -4.67. The molecule has 0 aromatic heterocycles. The van der Waals surface area contributed by atoms with Gasteiger partial charge in [-0.2, -0.15) is 0 Å². The molecule has 3 heterocycles. The van der Waals surface area contributed by atoms with E-state index in [0.717, 1.165) is 36.8 Å². The average Bonchev–Trinajstić information content (AvgIpc) is 3.44. The van der Waals surface area contributed by atoms with Gasteiger partial charge < -0.3 is 29.7 Å². The van der Waals surface area contributed by atoms with Gasteiger partial charge in [-0.25, -0.2) is 4.79 Å². The molecule has 2 N–H and O–H groups in total. The van der Waals surface area contributed by atoms with Gasteiger partial charge in [0.05, 0.1) is 13.5 Å². The maximum absolute atomic E-state index is 14.4. The molecule has 3 amide bonds. The van der Waals surface area contributed by atoms with Crippen molar-refractivity contribution in [2.24, 2.45) is 23.7 Å². The van der Waals surface area contributed by atoms with Crippen LogP contribution in [0, 0.1) is 23.7 Å². The summed E-state index contributed by atoms with van der Waals surface area (Å²) in [6, 6.07) is 13.9. The molecule has 3 fully saturated rings. The minimum absolute atomic E-state index is 0.107. The Balaban J connectivity index is 1.28. The lowest BCUT2D eigenvalue weighted by Crippen LogP contribution is -2.56. The van der Waals surface area contributed by atoms with E-state index in [0.29, 0.717) is 24.3 Å². The lowest BCUT2D eigenvalue weighted by atomic mass is 9.92. The molecule has 2 saturated heterocycles. The summed E-state index contributed by atoms with van der Waals surface area (Å²) >= 11 is 0. The molecule has 2 aromatic carbocycles. The molecular formula is C40H49N3O8. The fourth-order valence-corrected chi connectivity index (χ4v) is 8.14. The highest BCUT2D eigenvalue weighted by atomic mass is 16.6. The number of amides is 3. The van der Waals surface area contributed by atoms with Crippen LogP contribution < -0.4 is 10.1 Å². The summed E-state index contributed by atoms with van der Waals surface area (Å²) < 4.78 is 11.1. The second-order valence-electron chi connectivity index (χ2n) is 15.5. The van der Waals surface area contributed by atoms with Crippen molar-refractivity contribution >= 4 is 29.7 Å². The number of allylic oxidation sites excluding steroid dienone is 1. The highest BCUT2D eigenvalue weighted by Crippen LogP contribution is 2.46. The number of methoxy groups -OCH3 is 1. The zero-order valence-electron chi connectivity index (χ0n) is 29.9. The van der Waals surface area contributed by atoms with Gasteiger partial charge >= 0.3 is 11.9 Å². The Morgan fingerprint density at radius 2 is 1.78 bits per heavy atom. The lowest BCUT2D eigenvalue weighted by molar-refractivity contribution is -0.159. The molecule has 51 heavy (non-hydrogen) atoms. The van der Waals surface area contributed by atoms with Crippen LogP contribution >= 0.6 is 0 Å². The second-order valence-corrected chi connectivity index (χ2v) is 15.5. The number of fused-ring (bicyclic) bond motifs is 4. The van der Waals surface area contributed by atoms with Gasteiger partial charge in [-0.1, -0.05) is 55.3 Å². The number of esters is 1. The van der Waals surface area contributed by atoms with Crippen molar-refractivity contribution in [1.82, 2.24) is 15.1 Å². The van der Waals surface area contributed by atoms with E-state index in [2.05, 4.69) is 5.32 Å². The van der Waals surface area contributed by atoms with Crippen LogP contribution in [0.25, 0.3) is 11.1 Å². The Morgan fingerprint density at radius 1 is 1.00 bits per heavy atom. The number of carboxylic acids is 1. The number of carboxylic acid groups (broad SMARTS) is 1. The number of nitrogens with one attached hydrogen (secondary N) is 1. The van der Waals surface area contributed by atoms with Crippen molar-refractivity contribution in [2.75, 3.05) is 26.7 Å². The first-order chi connectivity index (χ1) is 24.3. The first kappa shape index (κ1) is 36.1. The van der Waals surface area contributed by atoms with Crippen molar-refractivity contribution in [3.63, 3.8) is 0 Å². The van der Waals surface area contributed by atoms with Gasteiger partial charge in [-0.05, 0) is 70.2 Å². The molecule has 0 spiro atoms. The van der Waals surface area contributed by atoms with Crippen LogP contribution in [0.3, 0.4) is 0 Å². The van der Waals surface area contributed by atoms with Gasteiger partial charge in [0.1, 0.15) is 22.9 Å². The van der Waals surface area contributed by atoms with Gasteiger partial charge in [-0.15, -0.1) is 0 Å². The highest BCUT2D eigenvalue weighted by molar-refractivity contribution is 5.98. The minimum atomic E-state index is -1.44. The Bertz CT molecular complexity index is 1710. The number of para-hydroxylation sites is 1. The van der Waals surface area contributed by atoms with Crippen LogP contribution in [0.2, 0.25) is 0 Å². The topological polar surface area (TPSA) is 143 Å². The van der Waals surface area contributed by atoms with Crippen molar-refractivity contribution < 1.29 is 38.6 Å². The van der Waals surface area contributed by atoms with Crippen LogP contribution in [0.1, 0.15) is 76.1 Å². The third-order valence-electron chi connectivity index (χ3n) is 10.7. The molecule has 1 aliphatic carbocycles. The first-order valence-electron chi connectivity index (χ1n) is 18.1. The number of hydrogen-bond acceptors (Lipinski definition) is 7. The normalized spacial score (nSPS) is 28.7. The van der Waals surface area contributed by atoms with Crippen molar-refractivity contribution in [1.29, 1.82) is 0 Å². The quantitative estimate of drug-likeness (QED) is 0.314. The predicted octanol–water partition coefficient (Wildman–Crippen LogP) is 5.09. The molecule has 1 saturated carbocycles. The van der Waals surface area contributed by atoms with Crippen LogP contribution in [0.5, 0.6) is 5.75 Å². The molecule has 6 rings (SSSR count). The van der Waals surface area contributed by atoms with E-state index in [4.69, 9.17) is 9.47 Å². The summed E-state index contributed by atoms with van der Waals surface area (Å²) in [5, 5.41) is 13.1. The minimum Gasteiger partial charge on any atom is -0.496 e. The smallest absolute Gasteiger partial charge is 0.330 e. The average molecular weight is 700 g/mol. The Morgan fingerprint density at radius 3 is 2.53 bits per heavy atom. The second kappa shape index (κ2) is 14.5. The fourth-order valence-electron chi connectivity index (χ4n) is 8.14. The van der Waals surface area contributed by atoms with Gasteiger partial charge in [-0.3, -0.25) is 19.2 Å². The van der Waals surface area contributed by atoms with E-state index in [1.54, 1.807) is 43.7 Å². The van der Waals surface area contributed by atoms with Crippen molar-refractivity contribution in [3.8, 4) is 16.9 Å². The van der Waals surface area contributed by atoms with Crippen LogP contribution in [-0.2, 0) is 23.9 Å². The first-order valence-corrected chi connectivity index (χ1v) is 18.1. The van der Waals surface area contributed by atoms with Crippen LogP contribution in [0.4, 0.5) is 0 Å². The summed E-state index contributed by atoms with van der Waals surface area (Å²) in [6.07, 6.45) is 7.69. The number of hydrogen-bond donors (Lipinski definition) is 2. The summed E-state index contributed by atoms with van der Waals surface area (Å²) in [6.45, 7) is 6.13. The van der Waals surface area contributed by atoms with Crippen LogP contribution in [0.15, 0.2) is 60.7 Å². The van der Waals surface area contributed by atoms with E-state index in [9.17, 15) is 29.1 Å². The number of carbonyl (C=O) groups is 5. The van der Waals surface area contributed by atoms with E-state index < -0.39 is 46.9 Å². The Kier molecular flexibility index (Phi) is 10.3. The number of benzene rings is 2. The number of aliphatic carboxylic acids is 1. The third kappa shape index (κ3) is 7.67. The van der Waals surface area contributed by atoms with Gasteiger partial charge in [0.15, 0.2) is 0 Å². The molecule has 272 valence electrons. The molecule has 0 radical (unpaired) electrons. The zero-order chi connectivity index (χ0) is 36.5. The van der Waals surface area contributed by atoms with Crippen molar-refractivity contribution in [3.05, 3.63) is 66.2 Å². The largest absolute Gasteiger partial charge is 0.496 e. The molecule has 4 aliphatic rings. The van der Waals surface area contributed by atoms with E-state index in [1.807, 2.05) is 54.6 Å². The molecule has 6 atom stereocenters. The fraction of sp³-hybridized carbons (Fsp3) is 0.525. The molecule has 3 aliphatic heterocycles.